The van der Waals surface area contributed by atoms with Gasteiger partial charge >= 0.3 is 0 Å². The third-order valence-electron chi connectivity index (χ3n) is 2.59. The van der Waals surface area contributed by atoms with Crippen LogP contribution in [0.2, 0.25) is 0 Å². The summed E-state index contributed by atoms with van der Waals surface area (Å²) in [5, 5.41) is 6.46. The molecule has 0 spiro atoms. The van der Waals surface area contributed by atoms with Gasteiger partial charge < -0.3 is 15.4 Å². The van der Waals surface area contributed by atoms with Crippen molar-refractivity contribution >= 4 is 5.96 Å². The fraction of sp³-hybridized carbons (Fsp3) is 0.533. The third kappa shape index (κ3) is 6.97. The maximum Gasteiger partial charge on any atom is 0.191 e. The van der Waals surface area contributed by atoms with Crippen LogP contribution >= 0.6 is 0 Å². The number of benzene rings is 1. The number of aliphatic imine (C=N–C) groups is 1. The van der Waals surface area contributed by atoms with E-state index in [2.05, 4.69) is 29.5 Å². The molecule has 0 aliphatic rings. The van der Waals surface area contributed by atoms with Gasteiger partial charge in [0.2, 0.25) is 0 Å². The Morgan fingerprint density at radius 2 is 1.95 bits per heavy atom. The normalized spacial score (nSPS) is 11.6. The summed E-state index contributed by atoms with van der Waals surface area (Å²) in [7, 11) is 1.76. The quantitative estimate of drug-likeness (QED) is 0.459. The van der Waals surface area contributed by atoms with Gasteiger partial charge in [0.05, 0.1) is 6.61 Å². The molecule has 1 aromatic rings. The summed E-state index contributed by atoms with van der Waals surface area (Å²) >= 11 is 0. The van der Waals surface area contributed by atoms with Crippen LogP contribution < -0.4 is 15.4 Å². The Kier molecular flexibility index (Phi) is 7.47. The Balaban J connectivity index is 2.09. The minimum atomic E-state index is -0.245. The Labute approximate surface area is 120 Å². The molecule has 0 aromatic heterocycles. The molecule has 0 amide bonds. The van der Waals surface area contributed by atoms with Crippen molar-refractivity contribution in [3.8, 4) is 5.75 Å². The minimum Gasteiger partial charge on any atom is -0.494 e. The number of guanidine groups is 1. The molecule has 0 heterocycles. The topological polar surface area (TPSA) is 45.7 Å². The van der Waals surface area contributed by atoms with Gasteiger partial charge in [0.1, 0.15) is 11.6 Å². The van der Waals surface area contributed by atoms with Crippen LogP contribution in [0.15, 0.2) is 29.3 Å². The number of nitrogens with zero attached hydrogens (tertiary/aromatic N) is 1. The standard InChI is InChI=1S/C15H24FN3O/c1-12(2)19-15(17-3)18-10-4-5-11-20-14-8-6-13(16)7-9-14/h6-9,12H,4-5,10-11H2,1-3H3,(H2,17,18,19). The van der Waals surface area contributed by atoms with Gasteiger partial charge in [-0.1, -0.05) is 0 Å². The first-order valence-corrected chi connectivity index (χ1v) is 6.97. The van der Waals surface area contributed by atoms with Gasteiger partial charge in [0.15, 0.2) is 5.96 Å². The summed E-state index contributed by atoms with van der Waals surface area (Å²) in [5.74, 6) is 1.28. The molecule has 0 aliphatic carbocycles. The molecule has 112 valence electrons. The second kappa shape index (κ2) is 9.18. The highest BCUT2D eigenvalue weighted by atomic mass is 19.1. The van der Waals surface area contributed by atoms with Crippen molar-refractivity contribution in [2.45, 2.75) is 32.7 Å². The average Bonchev–Trinajstić information content (AvgIpc) is 2.42. The van der Waals surface area contributed by atoms with E-state index in [4.69, 9.17) is 4.74 Å². The van der Waals surface area contributed by atoms with Crippen molar-refractivity contribution in [3.63, 3.8) is 0 Å². The minimum absolute atomic E-state index is 0.245. The Hall–Kier alpha value is -1.78. The van der Waals surface area contributed by atoms with Crippen LogP contribution in [-0.2, 0) is 0 Å². The molecule has 2 N–H and O–H groups in total. The number of unbranched alkanes of at least 4 members (excludes halogenated alkanes) is 1. The molecule has 0 aliphatic heterocycles. The summed E-state index contributed by atoms with van der Waals surface area (Å²) in [6.07, 6.45) is 1.92. The highest BCUT2D eigenvalue weighted by Crippen LogP contribution is 2.11. The molecule has 0 fully saturated rings. The first-order valence-electron chi connectivity index (χ1n) is 6.97. The third-order valence-corrected chi connectivity index (χ3v) is 2.59. The van der Waals surface area contributed by atoms with E-state index in [1.165, 1.54) is 12.1 Å². The molecular formula is C15H24FN3O. The van der Waals surface area contributed by atoms with Crippen molar-refractivity contribution in [1.29, 1.82) is 0 Å². The van der Waals surface area contributed by atoms with E-state index in [9.17, 15) is 4.39 Å². The molecule has 4 nitrogen and oxygen atoms in total. The predicted octanol–water partition coefficient (Wildman–Crippen LogP) is 2.56. The Morgan fingerprint density at radius 1 is 1.25 bits per heavy atom. The monoisotopic (exact) mass is 281 g/mol. The molecule has 0 unspecified atom stereocenters. The first kappa shape index (κ1) is 16.3. The summed E-state index contributed by atoms with van der Waals surface area (Å²) in [6, 6.07) is 6.45. The second-order valence-corrected chi connectivity index (χ2v) is 4.81. The molecule has 0 bridgehead atoms. The predicted molar refractivity (Wildman–Crippen MR) is 80.8 cm³/mol. The van der Waals surface area contributed by atoms with Gasteiger partial charge in [0.25, 0.3) is 0 Å². The van der Waals surface area contributed by atoms with E-state index in [1.807, 2.05) is 0 Å². The highest BCUT2D eigenvalue weighted by Gasteiger charge is 1.99. The van der Waals surface area contributed by atoms with Crippen molar-refractivity contribution in [1.82, 2.24) is 10.6 Å². The van der Waals surface area contributed by atoms with Crippen molar-refractivity contribution in [3.05, 3.63) is 30.1 Å². The molecule has 0 radical (unpaired) electrons. The summed E-state index contributed by atoms with van der Waals surface area (Å²) in [6.45, 7) is 5.62. The lowest BCUT2D eigenvalue weighted by Gasteiger charge is -2.14. The fourth-order valence-corrected chi connectivity index (χ4v) is 1.62. The second-order valence-electron chi connectivity index (χ2n) is 4.81. The maximum absolute atomic E-state index is 12.7. The van der Waals surface area contributed by atoms with Crippen LogP contribution in [0.1, 0.15) is 26.7 Å². The number of nitrogens with one attached hydrogen (secondary N) is 2. The highest BCUT2D eigenvalue weighted by molar-refractivity contribution is 5.79. The van der Waals surface area contributed by atoms with Crippen LogP contribution in [0.25, 0.3) is 0 Å². The summed E-state index contributed by atoms with van der Waals surface area (Å²) < 4.78 is 18.2. The zero-order valence-corrected chi connectivity index (χ0v) is 12.4. The van der Waals surface area contributed by atoms with Gasteiger partial charge in [0, 0.05) is 19.6 Å². The molecule has 0 saturated heterocycles. The van der Waals surface area contributed by atoms with Crippen LogP contribution in [0, 0.1) is 5.82 Å². The van der Waals surface area contributed by atoms with Crippen LogP contribution in [0.4, 0.5) is 4.39 Å². The number of halogens is 1. The van der Waals surface area contributed by atoms with Crippen LogP contribution in [0.5, 0.6) is 5.75 Å². The lowest BCUT2D eigenvalue weighted by Crippen LogP contribution is -2.41. The number of rotatable bonds is 7. The van der Waals surface area contributed by atoms with Gasteiger partial charge in [-0.15, -0.1) is 0 Å². The molecule has 0 saturated carbocycles. The van der Waals surface area contributed by atoms with E-state index in [0.717, 1.165) is 25.3 Å². The number of hydrogen-bond acceptors (Lipinski definition) is 2. The summed E-state index contributed by atoms with van der Waals surface area (Å²) in [5.41, 5.74) is 0. The molecular weight excluding hydrogens is 257 g/mol. The van der Waals surface area contributed by atoms with Crippen molar-refractivity contribution in [2.75, 3.05) is 20.2 Å². The first-order chi connectivity index (χ1) is 9.61. The fourth-order valence-electron chi connectivity index (χ4n) is 1.62. The zero-order chi connectivity index (χ0) is 14.8. The summed E-state index contributed by atoms with van der Waals surface area (Å²) in [4.78, 5) is 4.13. The SMILES string of the molecule is CN=C(NCCCCOc1ccc(F)cc1)NC(C)C. The molecule has 5 heteroatoms. The van der Waals surface area contributed by atoms with E-state index >= 15 is 0 Å². The van der Waals surface area contributed by atoms with E-state index < -0.39 is 0 Å². The smallest absolute Gasteiger partial charge is 0.191 e. The van der Waals surface area contributed by atoms with Gasteiger partial charge in [-0.25, -0.2) is 4.39 Å². The Morgan fingerprint density at radius 3 is 2.55 bits per heavy atom. The molecule has 1 aromatic carbocycles. The van der Waals surface area contributed by atoms with Crippen LogP contribution in [0.3, 0.4) is 0 Å². The van der Waals surface area contributed by atoms with E-state index in [1.54, 1.807) is 19.2 Å². The maximum atomic E-state index is 12.7. The van der Waals surface area contributed by atoms with Gasteiger partial charge in [-0.05, 0) is 51.0 Å². The number of hydrogen-bond donors (Lipinski definition) is 2. The molecule has 20 heavy (non-hydrogen) atoms. The lowest BCUT2D eigenvalue weighted by atomic mass is 10.3. The van der Waals surface area contributed by atoms with E-state index in [0.29, 0.717) is 18.4 Å². The van der Waals surface area contributed by atoms with Crippen molar-refractivity contribution < 1.29 is 9.13 Å². The van der Waals surface area contributed by atoms with Gasteiger partial charge in [-0.2, -0.15) is 0 Å². The van der Waals surface area contributed by atoms with Gasteiger partial charge in [-0.3, -0.25) is 4.99 Å². The number of ether oxygens (including phenoxy) is 1. The molecule has 0 atom stereocenters. The average molecular weight is 281 g/mol. The lowest BCUT2D eigenvalue weighted by molar-refractivity contribution is 0.306. The Bertz CT molecular complexity index is 404. The largest absolute Gasteiger partial charge is 0.494 e. The molecule has 1 rings (SSSR count). The van der Waals surface area contributed by atoms with Crippen LogP contribution in [-0.4, -0.2) is 32.2 Å². The van der Waals surface area contributed by atoms with Crippen molar-refractivity contribution in [2.24, 2.45) is 4.99 Å². The van der Waals surface area contributed by atoms with E-state index in [-0.39, 0.29) is 5.82 Å². The zero-order valence-electron chi connectivity index (χ0n) is 12.4.